The number of benzene rings is 1. The molecule has 6 nitrogen and oxygen atoms in total. The third-order valence-electron chi connectivity index (χ3n) is 4.61. The molecular formula is C17H14F4N4O2. The van der Waals surface area contributed by atoms with E-state index in [-0.39, 0.29) is 25.2 Å². The van der Waals surface area contributed by atoms with Gasteiger partial charge in [0.15, 0.2) is 6.04 Å². The smallest absolute Gasteiger partial charge is 0.382 e. The van der Waals surface area contributed by atoms with Crippen molar-refractivity contribution in [3.05, 3.63) is 47.9 Å². The van der Waals surface area contributed by atoms with E-state index in [0.717, 1.165) is 4.68 Å². The van der Waals surface area contributed by atoms with Crippen molar-refractivity contribution in [3.8, 4) is 0 Å². The summed E-state index contributed by atoms with van der Waals surface area (Å²) in [5, 5.41) is 7.61. The molecule has 0 unspecified atom stereocenters. The molecule has 142 valence electrons. The minimum Gasteiger partial charge on any atom is -0.382 e. The fourth-order valence-electron chi connectivity index (χ4n) is 3.27. The van der Waals surface area contributed by atoms with Crippen molar-refractivity contribution in [2.75, 3.05) is 11.4 Å². The van der Waals surface area contributed by atoms with Crippen LogP contribution in [0.5, 0.6) is 0 Å². The summed E-state index contributed by atoms with van der Waals surface area (Å²) in [5.74, 6) is -0.808. The van der Waals surface area contributed by atoms with E-state index in [1.54, 1.807) is 0 Å². The molecule has 2 aliphatic heterocycles. The Morgan fingerprint density at radius 2 is 1.93 bits per heavy atom. The maximum Gasteiger partial charge on any atom is 0.410 e. The monoisotopic (exact) mass is 382 g/mol. The van der Waals surface area contributed by atoms with Gasteiger partial charge in [-0.2, -0.15) is 18.3 Å². The molecule has 2 aromatic rings. The molecule has 0 radical (unpaired) electrons. The van der Waals surface area contributed by atoms with Gasteiger partial charge in [0, 0.05) is 19.0 Å². The molecule has 0 N–H and O–H groups in total. The Morgan fingerprint density at radius 3 is 2.63 bits per heavy atom. The van der Waals surface area contributed by atoms with Crippen molar-refractivity contribution in [1.29, 1.82) is 0 Å². The first-order valence-corrected chi connectivity index (χ1v) is 8.25. The highest BCUT2D eigenvalue weighted by molar-refractivity contribution is 6.06. The number of fused-ring (bicyclic) bond motifs is 1. The highest BCUT2D eigenvalue weighted by Gasteiger charge is 2.47. The third kappa shape index (κ3) is 3.15. The maximum atomic E-state index is 13.2. The Labute approximate surface area is 151 Å². The number of carbonyl (C=O) groups excluding carboxylic acids is 1. The standard InChI is InChI=1S/C17H14F4N4O2/c18-11-3-1-10(2-4-11)12-9-13(27-23-12)16(26)24-8-6-14(17(19,20)21)25-15(24)5-7-22-25/h1-5,7,13-14H,6,8-9H2/t13-,14+/m1/s1. The van der Waals surface area contributed by atoms with Gasteiger partial charge in [-0.3, -0.25) is 9.69 Å². The lowest BCUT2D eigenvalue weighted by Crippen LogP contribution is -2.46. The second kappa shape index (κ2) is 6.36. The third-order valence-corrected chi connectivity index (χ3v) is 4.61. The highest BCUT2D eigenvalue weighted by atomic mass is 19.4. The highest BCUT2D eigenvalue weighted by Crippen LogP contribution is 2.39. The number of rotatable bonds is 2. The minimum atomic E-state index is -4.45. The Kier molecular flexibility index (Phi) is 4.12. The number of halogens is 4. The van der Waals surface area contributed by atoms with Gasteiger partial charge in [-0.1, -0.05) is 17.3 Å². The Hall–Kier alpha value is -2.91. The summed E-state index contributed by atoms with van der Waals surface area (Å²) in [6.07, 6.45) is -4.30. The fourth-order valence-corrected chi connectivity index (χ4v) is 3.27. The number of aromatic nitrogens is 2. The first-order chi connectivity index (χ1) is 12.8. The second-order valence-corrected chi connectivity index (χ2v) is 6.31. The SMILES string of the molecule is O=C([C@H]1CC(c2ccc(F)cc2)=NO1)N1CC[C@@H](C(F)(F)F)n2nccc21. The van der Waals surface area contributed by atoms with E-state index in [1.165, 1.54) is 41.4 Å². The average molecular weight is 382 g/mol. The van der Waals surface area contributed by atoms with Crippen molar-refractivity contribution in [2.24, 2.45) is 5.16 Å². The quantitative estimate of drug-likeness (QED) is 0.750. The van der Waals surface area contributed by atoms with E-state index in [9.17, 15) is 22.4 Å². The summed E-state index contributed by atoms with van der Waals surface area (Å²) in [7, 11) is 0. The Morgan fingerprint density at radius 1 is 1.19 bits per heavy atom. The van der Waals surface area contributed by atoms with Crippen LogP contribution in [0.2, 0.25) is 0 Å². The molecule has 2 aliphatic rings. The summed E-state index contributed by atoms with van der Waals surface area (Å²) in [4.78, 5) is 19.2. The minimum absolute atomic E-state index is 0.0763. The van der Waals surface area contributed by atoms with E-state index >= 15 is 0 Å². The van der Waals surface area contributed by atoms with Gasteiger partial charge < -0.3 is 4.84 Å². The van der Waals surface area contributed by atoms with Crippen LogP contribution in [0.3, 0.4) is 0 Å². The summed E-state index contributed by atoms with van der Waals surface area (Å²) in [6, 6.07) is 5.19. The lowest BCUT2D eigenvalue weighted by molar-refractivity contribution is -0.173. The van der Waals surface area contributed by atoms with E-state index in [4.69, 9.17) is 4.84 Å². The Bertz CT molecular complexity index is 891. The van der Waals surface area contributed by atoms with Crippen LogP contribution in [0.15, 0.2) is 41.7 Å². The molecule has 0 aliphatic carbocycles. The lowest BCUT2D eigenvalue weighted by Gasteiger charge is -2.34. The molecule has 0 spiro atoms. The number of alkyl halides is 3. The molecule has 0 bridgehead atoms. The van der Waals surface area contributed by atoms with Gasteiger partial charge in [-0.25, -0.2) is 9.07 Å². The molecule has 1 aromatic heterocycles. The van der Waals surface area contributed by atoms with Crippen molar-refractivity contribution in [1.82, 2.24) is 9.78 Å². The molecule has 0 saturated carbocycles. The van der Waals surface area contributed by atoms with E-state index < -0.39 is 30.0 Å². The topological polar surface area (TPSA) is 59.7 Å². The first kappa shape index (κ1) is 17.5. The van der Waals surface area contributed by atoms with Crippen LogP contribution in [0, 0.1) is 5.82 Å². The van der Waals surface area contributed by atoms with Crippen molar-refractivity contribution in [3.63, 3.8) is 0 Å². The molecule has 2 atom stereocenters. The molecule has 4 rings (SSSR count). The molecular weight excluding hydrogens is 368 g/mol. The van der Waals surface area contributed by atoms with Gasteiger partial charge >= 0.3 is 6.18 Å². The van der Waals surface area contributed by atoms with Crippen LogP contribution in [0.4, 0.5) is 23.4 Å². The van der Waals surface area contributed by atoms with Gasteiger partial charge in [-0.15, -0.1) is 0 Å². The molecule has 0 fully saturated rings. The van der Waals surface area contributed by atoms with Crippen molar-refractivity contribution < 1.29 is 27.2 Å². The first-order valence-electron chi connectivity index (χ1n) is 8.25. The van der Waals surface area contributed by atoms with E-state index in [0.29, 0.717) is 11.3 Å². The normalized spacial score (nSPS) is 22.2. The number of oxime groups is 1. The lowest BCUT2D eigenvalue weighted by atomic mass is 10.0. The molecule has 27 heavy (non-hydrogen) atoms. The number of carbonyl (C=O) groups is 1. The zero-order valence-corrected chi connectivity index (χ0v) is 13.9. The average Bonchev–Trinajstić information content (AvgIpc) is 3.29. The fraction of sp³-hybridized carbons (Fsp3) is 0.353. The zero-order valence-electron chi connectivity index (χ0n) is 13.9. The Balaban J connectivity index is 1.50. The van der Waals surface area contributed by atoms with Gasteiger partial charge in [0.1, 0.15) is 11.6 Å². The predicted molar refractivity (Wildman–Crippen MR) is 86.7 cm³/mol. The van der Waals surface area contributed by atoms with Crippen molar-refractivity contribution in [2.45, 2.75) is 31.2 Å². The van der Waals surface area contributed by atoms with Gasteiger partial charge in [0.25, 0.3) is 5.91 Å². The summed E-state index contributed by atoms with van der Waals surface area (Å²) in [6.45, 7) is -0.0968. The number of anilines is 1. The number of hydrogen-bond acceptors (Lipinski definition) is 4. The van der Waals surface area contributed by atoms with Gasteiger partial charge in [0.2, 0.25) is 6.10 Å². The second-order valence-electron chi connectivity index (χ2n) is 6.31. The molecule has 10 heteroatoms. The van der Waals surface area contributed by atoms with Gasteiger partial charge in [-0.05, 0) is 24.1 Å². The maximum absolute atomic E-state index is 13.2. The summed E-state index contributed by atoms with van der Waals surface area (Å²) in [5.41, 5.74) is 1.10. The number of amides is 1. The molecule has 1 amide bonds. The number of nitrogens with zero attached hydrogens (tertiary/aromatic N) is 4. The predicted octanol–water partition coefficient (Wildman–Crippen LogP) is 3.06. The van der Waals surface area contributed by atoms with Crippen LogP contribution >= 0.6 is 0 Å². The van der Waals surface area contributed by atoms with E-state index in [1.807, 2.05) is 0 Å². The summed E-state index contributed by atoms with van der Waals surface area (Å²) >= 11 is 0. The zero-order chi connectivity index (χ0) is 19.2. The largest absolute Gasteiger partial charge is 0.410 e. The van der Waals surface area contributed by atoms with Crippen LogP contribution in [0.25, 0.3) is 0 Å². The van der Waals surface area contributed by atoms with Gasteiger partial charge in [0.05, 0.1) is 11.9 Å². The van der Waals surface area contributed by atoms with Crippen LogP contribution < -0.4 is 4.90 Å². The van der Waals surface area contributed by atoms with Crippen LogP contribution in [-0.2, 0) is 9.63 Å². The van der Waals surface area contributed by atoms with E-state index in [2.05, 4.69) is 10.3 Å². The molecule has 3 heterocycles. The van der Waals surface area contributed by atoms with Crippen LogP contribution in [-0.4, -0.2) is 40.2 Å². The summed E-state index contributed by atoms with van der Waals surface area (Å²) < 4.78 is 53.3. The molecule has 0 saturated heterocycles. The van der Waals surface area contributed by atoms with Crippen molar-refractivity contribution >= 4 is 17.4 Å². The van der Waals surface area contributed by atoms with Crippen LogP contribution in [0.1, 0.15) is 24.4 Å². The molecule has 1 aromatic carbocycles. The number of hydrogen-bond donors (Lipinski definition) is 0.